The Bertz CT molecular complexity index is 588. The molecular formula is C16H22ClN3O. The Kier molecular flexibility index (Phi) is 5.26. The van der Waals surface area contributed by atoms with Crippen molar-refractivity contribution in [3.8, 4) is 5.75 Å². The Morgan fingerprint density at radius 1 is 1.38 bits per heavy atom. The molecule has 0 bridgehead atoms. The van der Waals surface area contributed by atoms with Crippen molar-refractivity contribution in [3.63, 3.8) is 0 Å². The molecule has 114 valence electrons. The second-order valence-electron chi connectivity index (χ2n) is 4.91. The predicted octanol–water partition coefficient (Wildman–Crippen LogP) is 3.57. The molecular weight excluding hydrogens is 286 g/mol. The highest BCUT2D eigenvalue weighted by molar-refractivity contribution is 6.30. The maximum absolute atomic E-state index is 6.08. The topological polar surface area (TPSA) is 39.1 Å². The third-order valence-corrected chi connectivity index (χ3v) is 3.82. The van der Waals surface area contributed by atoms with Crippen LogP contribution in [0, 0.1) is 6.92 Å². The molecule has 21 heavy (non-hydrogen) atoms. The number of hydrogen-bond acceptors (Lipinski definition) is 3. The first kappa shape index (κ1) is 15.9. The Balaban J connectivity index is 2.55. The number of benzene rings is 1. The van der Waals surface area contributed by atoms with Gasteiger partial charge in [-0.15, -0.1) is 0 Å². The molecule has 1 atom stereocenters. The summed E-state index contributed by atoms with van der Waals surface area (Å²) in [6.45, 7) is 7.90. The lowest BCUT2D eigenvalue weighted by atomic mass is 9.98. The highest BCUT2D eigenvalue weighted by Gasteiger charge is 2.23. The largest absolute Gasteiger partial charge is 0.493 e. The van der Waals surface area contributed by atoms with Crippen molar-refractivity contribution < 1.29 is 4.74 Å². The second kappa shape index (κ2) is 6.96. The Morgan fingerprint density at radius 2 is 2.14 bits per heavy atom. The maximum Gasteiger partial charge on any atom is 0.161 e. The summed E-state index contributed by atoms with van der Waals surface area (Å²) >= 11 is 6.08. The molecule has 1 unspecified atom stereocenters. The third-order valence-electron chi connectivity index (χ3n) is 3.59. The van der Waals surface area contributed by atoms with Crippen LogP contribution in [-0.4, -0.2) is 23.4 Å². The van der Waals surface area contributed by atoms with Gasteiger partial charge >= 0.3 is 0 Å². The Morgan fingerprint density at radius 3 is 2.71 bits per heavy atom. The van der Waals surface area contributed by atoms with Crippen LogP contribution in [0.3, 0.4) is 0 Å². The molecule has 0 radical (unpaired) electrons. The molecule has 1 heterocycles. The van der Waals surface area contributed by atoms with E-state index in [9.17, 15) is 0 Å². The van der Waals surface area contributed by atoms with Gasteiger partial charge in [0.2, 0.25) is 0 Å². The number of halogens is 1. The molecule has 4 nitrogen and oxygen atoms in total. The van der Waals surface area contributed by atoms with Crippen LogP contribution in [0.5, 0.6) is 5.75 Å². The van der Waals surface area contributed by atoms with Crippen molar-refractivity contribution in [3.05, 3.63) is 46.2 Å². The summed E-state index contributed by atoms with van der Waals surface area (Å²) in [5, 5.41) is 8.69. The highest BCUT2D eigenvalue weighted by atomic mass is 35.5. The van der Waals surface area contributed by atoms with Crippen molar-refractivity contribution in [1.29, 1.82) is 0 Å². The highest BCUT2D eigenvalue weighted by Crippen LogP contribution is 2.32. The van der Waals surface area contributed by atoms with Crippen LogP contribution in [0.25, 0.3) is 0 Å². The monoisotopic (exact) mass is 307 g/mol. The fourth-order valence-corrected chi connectivity index (χ4v) is 2.83. The molecule has 0 aliphatic carbocycles. The van der Waals surface area contributed by atoms with E-state index in [4.69, 9.17) is 16.3 Å². The fourth-order valence-electron chi connectivity index (χ4n) is 2.60. The molecule has 0 amide bonds. The van der Waals surface area contributed by atoms with Crippen LogP contribution >= 0.6 is 11.6 Å². The van der Waals surface area contributed by atoms with E-state index in [1.807, 2.05) is 16.8 Å². The van der Waals surface area contributed by atoms with Gasteiger partial charge in [0.05, 0.1) is 19.3 Å². The quantitative estimate of drug-likeness (QED) is 0.886. The summed E-state index contributed by atoms with van der Waals surface area (Å²) < 4.78 is 7.46. The van der Waals surface area contributed by atoms with Crippen LogP contribution in [0.4, 0.5) is 0 Å². The molecule has 0 aliphatic heterocycles. The molecule has 0 saturated heterocycles. The zero-order valence-electron chi connectivity index (χ0n) is 13.0. The zero-order chi connectivity index (χ0) is 15.4. The molecule has 5 heteroatoms. The first-order chi connectivity index (χ1) is 10.1. The van der Waals surface area contributed by atoms with Crippen LogP contribution < -0.4 is 10.1 Å². The molecule has 0 fully saturated rings. The number of rotatable bonds is 6. The lowest BCUT2D eigenvalue weighted by Gasteiger charge is -2.22. The average molecular weight is 308 g/mol. The van der Waals surface area contributed by atoms with E-state index in [-0.39, 0.29) is 6.04 Å². The van der Waals surface area contributed by atoms with Gasteiger partial charge in [-0.1, -0.05) is 24.6 Å². The predicted molar refractivity (Wildman–Crippen MR) is 86.2 cm³/mol. The van der Waals surface area contributed by atoms with Gasteiger partial charge in [0.25, 0.3) is 0 Å². The standard InChI is InChI=1S/C16H22ClN3O/c1-5-18-15(13-8-7-12(17)9-11(13)3)16-14(21-4)10-19-20(16)6-2/h7-10,15,18H,5-6H2,1-4H3. The molecule has 1 aromatic heterocycles. The Labute approximate surface area is 131 Å². The lowest BCUT2D eigenvalue weighted by molar-refractivity contribution is 0.399. The third kappa shape index (κ3) is 3.22. The molecule has 0 spiro atoms. The minimum atomic E-state index is 0.0321. The molecule has 2 aromatic rings. The number of methoxy groups -OCH3 is 1. The fraction of sp³-hybridized carbons (Fsp3) is 0.438. The van der Waals surface area contributed by atoms with E-state index in [1.165, 1.54) is 5.56 Å². The van der Waals surface area contributed by atoms with Crippen molar-refractivity contribution in [1.82, 2.24) is 15.1 Å². The van der Waals surface area contributed by atoms with Gasteiger partial charge in [-0.2, -0.15) is 5.10 Å². The summed E-state index contributed by atoms with van der Waals surface area (Å²) in [4.78, 5) is 0. The Hall–Kier alpha value is -1.52. The average Bonchev–Trinajstić information content (AvgIpc) is 2.88. The van der Waals surface area contributed by atoms with E-state index in [0.29, 0.717) is 0 Å². The van der Waals surface area contributed by atoms with Gasteiger partial charge in [0.1, 0.15) is 5.69 Å². The summed E-state index contributed by atoms with van der Waals surface area (Å²) in [6.07, 6.45) is 1.77. The molecule has 1 aromatic carbocycles. The minimum Gasteiger partial charge on any atom is -0.493 e. The first-order valence-corrected chi connectivity index (χ1v) is 7.59. The first-order valence-electron chi connectivity index (χ1n) is 7.21. The van der Waals surface area contributed by atoms with Gasteiger partial charge in [0.15, 0.2) is 5.75 Å². The van der Waals surface area contributed by atoms with Crippen molar-refractivity contribution in [2.45, 2.75) is 33.4 Å². The number of nitrogens with one attached hydrogen (secondary N) is 1. The van der Waals surface area contributed by atoms with Gasteiger partial charge in [-0.25, -0.2) is 0 Å². The summed E-state index contributed by atoms with van der Waals surface area (Å²) in [6, 6.07) is 6.01. The van der Waals surface area contributed by atoms with Crippen LogP contribution in [0.2, 0.25) is 5.02 Å². The normalized spacial score (nSPS) is 12.4. The van der Waals surface area contributed by atoms with Crippen LogP contribution in [-0.2, 0) is 6.54 Å². The van der Waals surface area contributed by atoms with Crippen molar-refractivity contribution in [2.24, 2.45) is 0 Å². The summed E-state index contributed by atoms with van der Waals surface area (Å²) in [5.41, 5.74) is 3.39. The minimum absolute atomic E-state index is 0.0321. The lowest BCUT2D eigenvalue weighted by Crippen LogP contribution is -2.26. The maximum atomic E-state index is 6.08. The van der Waals surface area contributed by atoms with E-state index in [2.05, 4.69) is 37.3 Å². The number of ether oxygens (including phenoxy) is 1. The van der Waals surface area contributed by atoms with Crippen LogP contribution in [0.15, 0.2) is 24.4 Å². The van der Waals surface area contributed by atoms with E-state index < -0.39 is 0 Å². The van der Waals surface area contributed by atoms with Crippen molar-refractivity contribution >= 4 is 11.6 Å². The molecule has 0 saturated carbocycles. The number of aryl methyl sites for hydroxylation is 2. The molecule has 0 aliphatic rings. The second-order valence-corrected chi connectivity index (χ2v) is 5.34. The number of aromatic nitrogens is 2. The van der Waals surface area contributed by atoms with E-state index in [1.54, 1.807) is 13.3 Å². The van der Waals surface area contributed by atoms with E-state index >= 15 is 0 Å². The van der Waals surface area contributed by atoms with Crippen LogP contribution in [0.1, 0.15) is 36.7 Å². The molecule has 2 rings (SSSR count). The number of nitrogens with zero attached hydrogens (tertiary/aromatic N) is 2. The summed E-state index contributed by atoms with van der Waals surface area (Å²) in [5.74, 6) is 0.803. The molecule has 1 N–H and O–H groups in total. The van der Waals surface area contributed by atoms with Gasteiger partial charge in [0, 0.05) is 11.6 Å². The van der Waals surface area contributed by atoms with E-state index in [0.717, 1.165) is 35.1 Å². The van der Waals surface area contributed by atoms with Gasteiger partial charge in [-0.3, -0.25) is 4.68 Å². The SMILES string of the molecule is CCNC(c1ccc(Cl)cc1C)c1c(OC)cnn1CC. The van der Waals surface area contributed by atoms with Crippen molar-refractivity contribution in [2.75, 3.05) is 13.7 Å². The zero-order valence-corrected chi connectivity index (χ0v) is 13.7. The van der Waals surface area contributed by atoms with Gasteiger partial charge in [-0.05, 0) is 43.7 Å². The summed E-state index contributed by atoms with van der Waals surface area (Å²) in [7, 11) is 1.68. The number of hydrogen-bond donors (Lipinski definition) is 1. The van der Waals surface area contributed by atoms with Gasteiger partial charge < -0.3 is 10.1 Å². The smallest absolute Gasteiger partial charge is 0.161 e.